The molecule has 2 aromatic rings. The Kier molecular flexibility index (Phi) is 3.85. The minimum absolute atomic E-state index is 0.256. The molecule has 3 N–H and O–H groups in total. The predicted molar refractivity (Wildman–Crippen MR) is 76.8 cm³/mol. The molecule has 0 radical (unpaired) electrons. The van der Waals surface area contributed by atoms with Crippen molar-refractivity contribution in [3.8, 4) is 11.3 Å². The van der Waals surface area contributed by atoms with E-state index in [0.717, 1.165) is 6.26 Å². The van der Waals surface area contributed by atoms with Gasteiger partial charge in [-0.1, -0.05) is 5.16 Å². The van der Waals surface area contributed by atoms with E-state index in [1.165, 1.54) is 0 Å². The number of nitrogens with one attached hydrogen (secondary N) is 2. The number of hydrogen-bond acceptors (Lipinski definition) is 5. The van der Waals surface area contributed by atoms with Gasteiger partial charge in [0.1, 0.15) is 11.4 Å². The quantitative estimate of drug-likeness (QED) is 0.795. The number of carbonyl (C=O) groups is 1. The molecule has 0 aliphatic heterocycles. The highest BCUT2D eigenvalue weighted by molar-refractivity contribution is 7.92. The Bertz CT molecular complexity index is 765. The number of hydrogen-bond donors (Lipinski definition) is 3. The van der Waals surface area contributed by atoms with Gasteiger partial charge >= 0.3 is 6.09 Å². The molecule has 1 amide bonds. The zero-order chi connectivity index (χ0) is 15.6. The lowest BCUT2D eigenvalue weighted by Crippen LogP contribution is -2.09. The van der Waals surface area contributed by atoms with Gasteiger partial charge in [0.2, 0.25) is 10.0 Å². The fraction of sp³-hybridized carbons (Fsp3) is 0.167. The summed E-state index contributed by atoms with van der Waals surface area (Å²) in [5.41, 5.74) is 1.63. The maximum absolute atomic E-state index is 11.1. The lowest BCUT2D eigenvalue weighted by molar-refractivity contribution is 0.209. The van der Waals surface area contributed by atoms with Crippen LogP contribution < -0.4 is 10.0 Å². The van der Waals surface area contributed by atoms with Crippen LogP contribution in [0.4, 0.5) is 16.2 Å². The minimum atomic E-state index is -3.35. The van der Waals surface area contributed by atoms with Gasteiger partial charge in [0.25, 0.3) is 0 Å². The molecule has 0 aliphatic rings. The zero-order valence-corrected chi connectivity index (χ0v) is 12.1. The maximum atomic E-state index is 11.1. The van der Waals surface area contributed by atoms with Crippen molar-refractivity contribution >= 4 is 27.5 Å². The summed E-state index contributed by atoms with van der Waals surface area (Å²) in [4.78, 5) is 10.8. The van der Waals surface area contributed by atoms with Gasteiger partial charge in [-0.3, -0.25) is 10.0 Å². The van der Waals surface area contributed by atoms with E-state index in [9.17, 15) is 13.2 Å². The van der Waals surface area contributed by atoms with Crippen LogP contribution in [0.2, 0.25) is 0 Å². The summed E-state index contributed by atoms with van der Waals surface area (Å²) >= 11 is 0. The van der Waals surface area contributed by atoms with Gasteiger partial charge in [-0.2, -0.15) is 0 Å². The molecule has 0 spiro atoms. The Morgan fingerprint density at radius 3 is 2.43 bits per heavy atom. The largest absolute Gasteiger partial charge is 0.465 e. The molecule has 1 aromatic heterocycles. The first-order chi connectivity index (χ1) is 9.76. The highest BCUT2D eigenvalue weighted by atomic mass is 32.2. The fourth-order valence-electron chi connectivity index (χ4n) is 1.72. The van der Waals surface area contributed by atoms with Crippen molar-refractivity contribution in [3.05, 3.63) is 30.0 Å². The molecule has 0 saturated heterocycles. The Morgan fingerprint density at radius 1 is 1.29 bits per heavy atom. The molecule has 0 bridgehead atoms. The van der Waals surface area contributed by atoms with Gasteiger partial charge in [0.15, 0.2) is 5.76 Å². The van der Waals surface area contributed by atoms with Gasteiger partial charge in [-0.25, -0.2) is 13.2 Å². The van der Waals surface area contributed by atoms with E-state index in [-0.39, 0.29) is 11.4 Å². The molecular weight excluding hydrogens is 298 g/mol. The van der Waals surface area contributed by atoms with E-state index in [0.29, 0.717) is 16.9 Å². The SMILES string of the molecule is Cc1noc(-c2ccc(NS(C)(=O)=O)cc2)c1NC(=O)O. The molecule has 112 valence electrons. The first-order valence-corrected chi connectivity index (χ1v) is 7.70. The van der Waals surface area contributed by atoms with Crippen molar-refractivity contribution in [2.24, 2.45) is 0 Å². The molecular formula is C12H13N3O5S. The summed E-state index contributed by atoms with van der Waals surface area (Å²) in [6.07, 6.45) is -0.173. The Morgan fingerprint density at radius 2 is 1.90 bits per heavy atom. The monoisotopic (exact) mass is 311 g/mol. The smallest absolute Gasteiger partial charge is 0.409 e. The third-order valence-corrected chi connectivity index (χ3v) is 3.15. The topological polar surface area (TPSA) is 122 Å². The van der Waals surface area contributed by atoms with Crippen LogP contribution in [-0.4, -0.2) is 31.0 Å². The normalized spacial score (nSPS) is 11.1. The summed E-state index contributed by atoms with van der Waals surface area (Å²) in [5.74, 6) is 0.265. The van der Waals surface area contributed by atoms with Crippen molar-refractivity contribution in [2.75, 3.05) is 16.3 Å². The van der Waals surface area contributed by atoms with Crippen molar-refractivity contribution in [1.29, 1.82) is 0 Å². The second-order valence-corrected chi connectivity index (χ2v) is 6.10. The van der Waals surface area contributed by atoms with Gasteiger partial charge in [0, 0.05) is 11.3 Å². The van der Waals surface area contributed by atoms with Crippen LogP contribution in [0.5, 0.6) is 0 Å². The highest BCUT2D eigenvalue weighted by Crippen LogP contribution is 2.31. The Hall–Kier alpha value is -2.55. The molecule has 8 nitrogen and oxygen atoms in total. The van der Waals surface area contributed by atoms with Crippen LogP contribution in [0.3, 0.4) is 0 Å². The minimum Gasteiger partial charge on any atom is -0.465 e. The van der Waals surface area contributed by atoms with E-state index >= 15 is 0 Å². The number of amides is 1. The molecule has 2 rings (SSSR count). The van der Waals surface area contributed by atoms with Crippen LogP contribution in [-0.2, 0) is 10.0 Å². The van der Waals surface area contributed by atoms with E-state index < -0.39 is 16.1 Å². The van der Waals surface area contributed by atoms with E-state index in [1.807, 2.05) is 0 Å². The summed E-state index contributed by atoms with van der Waals surface area (Å²) in [6.45, 7) is 1.61. The zero-order valence-electron chi connectivity index (χ0n) is 11.2. The van der Waals surface area contributed by atoms with Gasteiger partial charge < -0.3 is 9.63 Å². The van der Waals surface area contributed by atoms with Crippen LogP contribution in [0.1, 0.15) is 5.69 Å². The van der Waals surface area contributed by atoms with Crippen LogP contribution in [0.15, 0.2) is 28.8 Å². The number of aryl methyl sites for hydroxylation is 1. The van der Waals surface area contributed by atoms with Crippen molar-refractivity contribution in [2.45, 2.75) is 6.92 Å². The summed E-state index contributed by atoms with van der Waals surface area (Å²) in [6, 6.07) is 6.28. The first-order valence-electron chi connectivity index (χ1n) is 5.81. The van der Waals surface area contributed by atoms with Crippen LogP contribution in [0.25, 0.3) is 11.3 Å². The molecule has 0 aliphatic carbocycles. The number of anilines is 2. The van der Waals surface area contributed by atoms with E-state index in [4.69, 9.17) is 9.63 Å². The average molecular weight is 311 g/mol. The Labute approximate surface area is 120 Å². The van der Waals surface area contributed by atoms with E-state index in [2.05, 4.69) is 15.2 Å². The molecule has 0 atom stereocenters. The number of carboxylic acid groups (broad SMARTS) is 1. The Balaban J connectivity index is 2.33. The molecule has 0 unspecified atom stereocenters. The van der Waals surface area contributed by atoms with Gasteiger partial charge in [-0.15, -0.1) is 0 Å². The highest BCUT2D eigenvalue weighted by Gasteiger charge is 2.17. The second kappa shape index (κ2) is 5.44. The third kappa shape index (κ3) is 3.72. The molecule has 0 saturated carbocycles. The number of sulfonamides is 1. The first kappa shape index (κ1) is 14.9. The molecule has 0 fully saturated rings. The number of nitrogens with zero attached hydrogens (tertiary/aromatic N) is 1. The maximum Gasteiger partial charge on any atom is 0.409 e. The van der Waals surface area contributed by atoms with Crippen molar-refractivity contribution in [1.82, 2.24) is 5.16 Å². The molecule has 1 aromatic carbocycles. The number of benzene rings is 1. The summed E-state index contributed by atoms with van der Waals surface area (Å²) < 4.78 is 29.7. The average Bonchev–Trinajstić information content (AvgIpc) is 2.70. The molecule has 1 heterocycles. The van der Waals surface area contributed by atoms with Crippen molar-refractivity contribution in [3.63, 3.8) is 0 Å². The van der Waals surface area contributed by atoms with Gasteiger partial charge in [-0.05, 0) is 31.2 Å². The standard InChI is InChI=1S/C12H13N3O5S/c1-7-10(13-12(16)17)11(20-14-7)8-3-5-9(6-4-8)15-21(2,18)19/h3-6,13,15H,1-2H3,(H,16,17). The molecule has 9 heteroatoms. The van der Waals surface area contributed by atoms with Crippen molar-refractivity contribution < 1.29 is 22.8 Å². The fourth-order valence-corrected chi connectivity index (χ4v) is 2.29. The molecule has 21 heavy (non-hydrogen) atoms. The van der Waals surface area contributed by atoms with Crippen LogP contribution >= 0.6 is 0 Å². The second-order valence-electron chi connectivity index (χ2n) is 4.35. The number of rotatable bonds is 4. The predicted octanol–water partition coefficient (Wildman–Crippen LogP) is 2.11. The van der Waals surface area contributed by atoms with E-state index in [1.54, 1.807) is 31.2 Å². The van der Waals surface area contributed by atoms with Crippen LogP contribution in [0, 0.1) is 6.92 Å². The summed E-state index contributed by atoms with van der Waals surface area (Å²) in [7, 11) is -3.35. The lowest BCUT2D eigenvalue weighted by Gasteiger charge is -2.05. The lowest BCUT2D eigenvalue weighted by atomic mass is 10.1. The van der Waals surface area contributed by atoms with Gasteiger partial charge in [0.05, 0.1) is 6.26 Å². The number of aromatic nitrogens is 1. The third-order valence-electron chi connectivity index (χ3n) is 2.54. The summed E-state index contributed by atoms with van der Waals surface area (Å²) in [5, 5.41) is 14.7.